The third kappa shape index (κ3) is 4.45. The Bertz CT molecular complexity index is 486. The lowest BCUT2D eigenvalue weighted by Gasteiger charge is -2.32. The molecule has 2 rings (SSSR count). The molecule has 21 heavy (non-hydrogen) atoms. The lowest BCUT2D eigenvalue weighted by molar-refractivity contribution is 0.100. The minimum absolute atomic E-state index is 0.361. The van der Waals surface area contributed by atoms with Crippen LogP contribution in [0.1, 0.15) is 36.5 Å². The monoisotopic (exact) mass is 353 g/mol. The van der Waals surface area contributed by atoms with E-state index in [9.17, 15) is 4.79 Å². The third-order valence-electron chi connectivity index (χ3n) is 3.94. The number of primary amides is 1. The van der Waals surface area contributed by atoms with Crippen LogP contribution in [0.3, 0.4) is 0 Å². The number of carbonyl (C=O) groups excluding carboxylic acids is 1. The van der Waals surface area contributed by atoms with Crippen molar-refractivity contribution in [2.75, 3.05) is 31.1 Å². The van der Waals surface area contributed by atoms with Crippen molar-refractivity contribution in [1.82, 2.24) is 5.32 Å². The Hall–Kier alpha value is -1.07. The molecule has 5 heteroatoms. The number of carbonyl (C=O) groups is 1. The zero-order valence-electron chi connectivity index (χ0n) is 12.6. The van der Waals surface area contributed by atoms with Gasteiger partial charge in [0.1, 0.15) is 0 Å². The largest absolute Gasteiger partial charge is 0.371 e. The molecule has 1 fully saturated rings. The number of nitrogens with zero attached hydrogens (tertiary/aromatic N) is 1. The van der Waals surface area contributed by atoms with Gasteiger partial charge in [0.15, 0.2) is 0 Å². The smallest absolute Gasteiger partial charge is 0.250 e. The number of hydrogen-bond acceptors (Lipinski definition) is 3. The van der Waals surface area contributed by atoms with E-state index in [4.69, 9.17) is 5.73 Å². The fraction of sp³-hybridized carbons (Fsp3) is 0.562. The van der Waals surface area contributed by atoms with E-state index in [1.54, 1.807) is 0 Å². The highest BCUT2D eigenvalue weighted by Crippen LogP contribution is 2.27. The molecule has 0 spiro atoms. The number of rotatable bonds is 6. The summed E-state index contributed by atoms with van der Waals surface area (Å²) in [6, 6.07) is 5.69. The van der Waals surface area contributed by atoms with Crippen LogP contribution in [0, 0.1) is 5.92 Å². The predicted molar refractivity (Wildman–Crippen MR) is 90.8 cm³/mol. The molecular weight excluding hydrogens is 330 g/mol. The van der Waals surface area contributed by atoms with E-state index in [2.05, 4.69) is 33.1 Å². The molecule has 1 aromatic rings. The molecule has 1 amide bonds. The molecule has 4 nitrogen and oxygen atoms in total. The van der Waals surface area contributed by atoms with Crippen LogP contribution in [-0.2, 0) is 0 Å². The lowest BCUT2D eigenvalue weighted by Crippen LogP contribution is -2.39. The number of anilines is 1. The summed E-state index contributed by atoms with van der Waals surface area (Å²) in [5, 5.41) is 3.45. The Labute approximate surface area is 135 Å². The summed E-state index contributed by atoms with van der Waals surface area (Å²) in [5.41, 5.74) is 7.09. The van der Waals surface area contributed by atoms with Crippen LogP contribution in [0.4, 0.5) is 5.69 Å². The highest BCUT2D eigenvalue weighted by Gasteiger charge is 2.20. The summed E-state index contributed by atoms with van der Waals surface area (Å²) < 4.78 is 0.977. The van der Waals surface area contributed by atoms with E-state index in [1.165, 1.54) is 12.8 Å². The van der Waals surface area contributed by atoms with Gasteiger partial charge in [0.25, 0.3) is 5.91 Å². The number of nitrogens with two attached hydrogens (primary N) is 1. The zero-order valence-corrected chi connectivity index (χ0v) is 14.2. The van der Waals surface area contributed by atoms with Crippen molar-refractivity contribution in [3.63, 3.8) is 0 Å². The molecule has 1 saturated heterocycles. The van der Waals surface area contributed by atoms with Crippen LogP contribution in [-0.4, -0.2) is 32.1 Å². The highest BCUT2D eigenvalue weighted by atomic mass is 79.9. The molecule has 1 heterocycles. The van der Waals surface area contributed by atoms with Crippen LogP contribution >= 0.6 is 15.9 Å². The Morgan fingerprint density at radius 2 is 2.33 bits per heavy atom. The van der Waals surface area contributed by atoms with E-state index >= 15 is 0 Å². The van der Waals surface area contributed by atoms with Crippen molar-refractivity contribution in [3.8, 4) is 0 Å². The maximum atomic E-state index is 11.7. The molecule has 0 saturated carbocycles. The van der Waals surface area contributed by atoms with Gasteiger partial charge < -0.3 is 16.0 Å². The van der Waals surface area contributed by atoms with E-state index < -0.39 is 0 Å². The van der Waals surface area contributed by atoms with E-state index in [-0.39, 0.29) is 5.91 Å². The van der Waals surface area contributed by atoms with Gasteiger partial charge in [-0.1, -0.05) is 22.9 Å². The molecule has 1 aliphatic rings. The SMILES string of the molecule is CCCN(CC1CCCNC1)c1cc(Br)ccc1C(N)=O. The maximum Gasteiger partial charge on any atom is 0.250 e. The molecule has 1 unspecified atom stereocenters. The van der Waals surface area contributed by atoms with Gasteiger partial charge in [0, 0.05) is 17.6 Å². The van der Waals surface area contributed by atoms with Gasteiger partial charge in [0.05, 0.1) is 11.3 Å². The average molecular weight is 354 g/mol. The molecule has 1 atom stereocenters. The molecule has 0 radical (unpaired) electrons. The van der Waals surface area contributed by atoms with Gasteiger partial charge in [-0.3, -0.25) is 4.79 Å². The van der Waals surface area contributed by atoms with Crippen molar-refractivity contribution in [2.24, 2.45) is 11.7 Å². The standard InChI is InChI=1S/C16H24BrN3O/c1-2-8-20(11-12-4-3-7-19-10-12)15-9-13(17)5-6-14(15)16(18)21/h5-6,9,12,19H,2-4,7-8,10-11H2,1H3,(H2,18,21). The number of nitrogens with one attached hydrogen (secondary N) is 1. The van der Waals surface area contributed by atoms with Crippen LogP contribution in [0.15, 0.2) is 22.7 Å². The number of hydrogen-bond donors (Lipinski definition) is 2. The molecule has 116 valence electrons. The fourth-order valence-corrected chi connectivity index (χ4v) is 3.30. The normalized spacial score (nSPS) is 18.5. The summed E-state index contributed by atoms with van der Waals surface area (Å²) in [5.74, 6) is 0.269. The Morgan fingerprint density at radius 1 is 1.52 bits per heavy atom. The number of amides is 1. The van der Waals surface area contributed by atoms with Crippen molar-refractivity contribution in [2.45, 2.75) is 26.2 Å². The second-order valence-corrected chi connectivity index (χ2v) is 6.60. The van der Waals surface area contributed by atoms with Crippen molar-refractivity contribution in [3.05, 3.63) is 28.2 Å². The number of piperidine rings is 1. The summed E-state index contributed by atoms with van der Waals surface area (Å²) in [7, 11) is 0. The molecular formula is C16H24BrN3O. The van der Waals surface area contributed by atoms with Crippen molar-refractivity contribution < 1.29 is 4.79 Å². The van der Waals surface area contributed by atoms with Crippen LogP contribution in [0.5, 0.6) is 0 Å². The highest BCUT2D eigenvalue weighted by molar-refractivity contribution is 9.10. The first kappa shape index (κ1) is 16.3. The first-order valence-corrected chi connectivity index (χ1v) is 8.46. The minimum atomic E-state index is -0.361. The molecule has 1 aliphatic heterocycles. The Morgan fingerprint density at radius 3 is 2.95 bits per heavy atom. The van der Waals surface area contributed by atoms with Crippen molar-refractivity contribution in [1.29, 1.82) is 0 Å². The maximum absolute atomic E-state index is 11.7. The fourth-order valence-electron chi connectivity index (χ4n) is 2.95. The van der Waals surface area contributed by atoms with E-state index in [0.29, 0.717) is 11.5 Å². The third-order valence-corrected chi connectivity index (χ3v) is 4.43. The van der Waals surface area contributed by atoms with Gasteiger partial charge in [-0.05, 0) is 56.5 Å². The molecule has 0 aromatic heterocycles. The van der Waals surface area contributed by atoms with Gasteiger partial charge in [-0.2, -0.15) is 0 Å². The second-order valence-electron chi connectivity index (χ2n) is 5.68. The van der Waals surface area contributed by atoms with Gasteiger partial charge in [0.2, 0.25) is 0 Å². The molecule has 0 bridgehead atoms. The van der Waals surface area contributed by atoms with Crippen LogP contribution in [0.25, 0.3) is 0 Å². The van der Waals surface area contributed by atoms with Gasteiger partial charge in [-0.15, -0.1) is 0 Å². The second kappa shape index (κ2) is 7.80. The summed E-state index contributed by atoms with van der Waals surface area (Å²) in [6.45, 7) is 6.24. The van der Waals surface area contributed by atoms with E-state index in [1.807, 2.05) is 18.2 Å². The topological polar surface area (TPSA) is 58.4 Å². The summed E-state index contributed by atoms with van der Waals surface area (Å²) >= 11 is 3.50. The first-order chi connectivity index (χ1) is 10.1. The van der Waals surface area contributed by atoms with Gasteiger partial charge >= 0.3 is 0 Å². The lowest BCUT2D eigenvalue weighted by atomic mass is 9.98. The van der Waals surface area contributed by atoms with Crippen LogP contribution in [0.2, 0.25) is 0 Å². The van der Waals surface area contributed by atoms with E-state index in [0.717, 1.165) is 42.8 Å². The minimum Gasteiger partial charge on any atom is -0.371 e. The molecule has 0 aliphatic carbocycles. The Kier molecular flexibility index (Phi) is 6.06. The predicted octanol–water partition coefficient (Wildman–Crippen LogP) is 2.76. The molecule has 3 N–H and O–H groups in total. The summed E-state index contributed by atoms with van der Waals surface area (Å²) in [6.07, 6.45) is 3.52. The number of benzene rings is 1. The summed E-state index contributed by atoms with van der Waals surface area (Å²) in [4.78, 5) is 14.0. The average Bonchev–Trinajstić information content (AvgIpc) is 2.47. The zero-order chi connectivity index (χ0) is 15.2. The van der Waals surface area contributed by atoms with Gasteiger partial charge in [-0.25, -0.2) is 0 Å². The first-order valence-electron chi connectivity index (χ1n) is 7.66. The quantitative estimate of drug-likeness (QED) is 0.826. The Balaban J connectivity index is 2.23. The van der Waals surface area contributed by atoms with Crippen LogP contribution < -0.4 is 16.0 Å². The molecule has 1 aromatic carbocycles. The number of halogens is 1. The van der Waals surface area contributed by atoms with Crippen molar-refractivity contribution >= 4 is 27.5 Å².